The topological polar surface area (TPSA) is 65.4 Å². The molecular formula is C23H19ClFNO4. The smallest absolute Gasteiger partial charge is 0.340 e. The molecule has 0 saturated heterocycles. The van der Waals surface area contributed by atoms with E-state index in [1.807, 2.05) is 0 Å². The molecule has 0 aliphatic heterocycles. The Balaban J connectivity index is 2.03. The van der Waals surface area contributed by atoms with E-state index in [0.29, 0.717) is 21.7 Å². The Hall–Kier alpha value is -3.25. The summed E-state index contributed by atoms with van der Waals surface area (Å²) in [4.78, 5) is 36.3. The second kappa shape index (κ2) is 9.05. The van der Waals surface area contributed by atoms with Gasteiger partial charge in [-0.2, -0.15) is 0 Å². The third-order valence-electron chi connectivity index (χ3n) is 4.88. The van der Waals surface area contributed by atoms with Crippen LogP contribution in [0.5, 0.6) is 0 Å². The molecule has 0 bridgehead atoms. The number of esters is 1. The molecule has 0 N–H and O–H groups in total. The molecule has 0 saturated carbocycles. The predicted octanol–water partition coefficient (Wildman–Crippen LogP) is 4.37. The zero-order chi connectivity index (χ0) is 21.8. The molecular weight excluding hydrogens is 409 g/mol. The van der Waals surface area contributed by atoms with Crippen molar-refractivity contribution in [2.24, 2.45) is 7.05 Å². The number of carbonyl (C=O) groups excluding carboxylic acids is 2. The zero-order valence-electron chi connectivity index (χ0n) is 16.4. The number of carbonyl (C=O) groups is 2. The molecule has 30 heavy (non-hydrogen) atoms. The molecule has 1 atom stereocenters. The standard InChI is InChI=1S/C23H19ClFNO4/c1-26-13-15(8-10-22(26)28)21(27)12-18(16-5-3-4-6-19(16)24)14-7-9-17(20(25)11-14)23(29)30-2/h3-11,13,18H,12H2,1-2H3. The fourth-order valence-corrected chi connectivity index (χ4v) is 3.52. The number of aromatic nitrogens is 1. The highest BCUT2D eigenvalue weighted by atomic mass is 35.5. The molecule has 0 fully saturated rings. The van der Waals surface area contributed by atoms with Crippen LogP contribution in [-0.4, -0.2) is 23.4 Å². The van der Waals surface area contributed by atoms with Gasteiger partial charge in [0, 0.05) is 42.2 Å². The number of aryl methyl sites for hydroxylation is 1. The van der Waals surface area contributed by atoms with Crippen LogP contribution in [0.3, 0.4) is 0 Å². The summed E-state index contributed by atoms with van der Waals surface area (Å²) in [5.41, 5.74) is 1.09. The summed E-state index contributed by atoms with van der Waals surface area (Å²) in [5, 5.41) is 0.438. The molecule has 1 aromatic heterocycles. The number of hydrogen-bond donors (Lipinski definition) is 0. The SMILES string of the molecule is COC(=O)c1ccc(C(CC(=O)c2ccc(=O)n(C)c2)c2ccccc2Cl)cc1F. The molecule has 1 heterocycles. The van der Waals surface area contributed by atoms with Crippen LogP contribution in [0.15, 0.2) is 65.6 Å². The van der Waals surface area contributed by atoms with Crippen LogP contribution in [0.1, 0.15) is 44.2 Å². The van der Waals surface area contributed by atoms with E-state index in [1.54, 1.807) is 37.4 Å². The van der Waals surface area contributed by atoms with Gasteiger partial charge in [0.25, 0.3) is 0 Å². The van der Waals surface area contributed by atoms with Crippen LogP contribution in [-0.2, 0) is 11.8 Å². The average Bonchev–Trinajstić information content (AvgIpc) is 2.73. The number of ether oxygens (including phenoxy) is 1. The first kappa shape index (κ1) is 21.5. The summed E-state index contributed by atoms with van der Waals surface area (Å²) < 4.78 is 20.5. The normalized spacial score (nSPS) is 11.7. The molecule has 0 spiro atoms. The van der Waals surface area contributed by atoms with E-state index in [1.165, 1.54) is 42.1 Å². The van der Waals surface area contributed by atoms with Gasteiger partial charge in [0.2, 0.25) is 5.56 Å². The van der Waals surface area contributed by atoms with Crippen LogP contribution >= 0.6 is 11.6 Å². The lowest BCUT2D eigenvalue weighted by Gasteiger charge is -2.19. The van der Waals surface area contributed by atoms with Gasteiger partial charge in [-0.3, -0.25) is 9.59 Å². The van der Waals surface area contributed by atoms with Crippen molar-refractivity contribution >= 4 is 23.4 Å². The molecule has 5 nitrogen and oxygen atoms in total. The highest BCUT2D eigenvalue weighted by molar-refractivity contribution is 6.31. The van der Waals surface area contributed by atoms with Crippen molar-refractivity contribution in [1.82, 2.24) is 4.57 Å². The third-order valence-corrected chi connectivity index (χ3v) is 5.22. The van der Waals surface area contributed by atoms with Crippen LogP contribution in [0, 0.1) is 5.82 Å². The highest BCUT2D eigenvalue weighted by Crippen LogP contribution is 2.34. The zero-order valence-corrected chi connectivity index (χ0v) is 17.2. The van der Waals surface area contributed by atoms with Gasteiger partial charge < -0.3 is 9.30 Å². The van der Waals surface area contributed by atoms with Crippen molar-refractivity contribution in [3.8, 4) is 0 Å². The van der Waals surface area contributed by atoms with Crippen LogP contribution in [0.2, 0.25) is 5.02 Å². The Morgan fingerprint density at radius 2 is 1.87 bits per heavy atom. The monoisotopic (exact) mass is 427 g/mol. The lowest BCUT2D eigenvalue weighted by Crippen LogP contribution is -2.18. The molecule has 0 aliphatic rings. The Morgan fingerprint density at radius 1 is 1.13 bits per heavy atom. The minimum absolute atomic E-state index is 0.00104. The van der Waals surface area contributed by atoms with E-state index in [-0.39, 0.29) is 23.3 Å². The van der Waals surface area contributed by atoms with Gasteiger partial charge in [0.1, 0.15) is 5.82 Å². The lowest BCUT2D eigenvalue weighted by atomic mass is 9.85. The predicted molar refractivity (Wildman–Crippen MR) is 112 cm³/mol. The maximum Gasteiger partial charge on any atom is 0.340 e. The summed E-state index contributed by atoms with van der Waals surface area (Å²) in [5.74, 6) is -2.31. The number of benzene rings is 2. The van der Waals surface area contributed by atoms with Crippen molar-refractivity contribution in [1.29, 1.82) is 0 Å². The molecule has 1 unspecified atom stereocenters. The molecule has 3 rings (SSSR count). The van der Waals surface area contributed by atoms with E-state index in [2.05, 4.69) is 4.74 Å². The Labute approximate surface area is 177 Å². The van der Waals surface area contributed by atoms with Crippen molar-refractivity contribution < 1.29 is 18.7 Å². The number of methoxy groups -OCH3 is 1. The fraction of sp³-hybridized carbons (Fsp3) is 0.174. The van der Waals surface area contributed by atoms with Crippen LogP contribution in [0.4, 0.5) is 4.39 Å². The first-order chi connectivity index (χ1) is 14.3. The molecule has 0 radical (unpaired) electrons. The Bertz CT molecular complexity index is 1170. The van der Waals surface area contributed by atoms with E-state index in [9.17, 15) is 18.8 Å². The van der Waals surface area contributed by atoms with Gasteiger partial charge >= 0.3 is 5.97 Å². The van der Waals surface area contributed by atoms with Gasteiger partial charge in [0.05, 0.1) is 12.7 Å². The number of halogens is 2. The molecule has 154 valence electrons. The molecule has 2 aromatic carbocycles. The van der Waals surface area contributed by atoms with Gasteiger partial charge in [0.15, 0.2) is 5.78 Å². The second-order valence-electron chi connectivity index (χ2n) is 6.80. The average molecular weight is 428 g/mol. The van der Waals surface area contributed by atoms with Gasteiger partial charge in [-0.05, 0) is 35.4 Å². The van der Waals surface area contributed by atoms with E-state index >= 15 is 0 Å². The van der Waals surface area contributed by atoms with Crippen molar-refractivity contribution in [2.45, 2.75) is 12.3 Å². The summed E-state index contributed by atoms with van der Waals surface area (Å²) in [6, 6.07) is 13.9. The molecule has 0 amide bonds. The number of pyridine rings is 1. The fourth-order valence-electron chi connectivity index (χ4n) is 3.25. The van der Waals surface area contributed by atoms with E-state index in [4.69, 9.17) is 11.6 Å². The van der Waals surface area contributed by atoms with Gasteiger partial charge in [-0.25, -0.2) is 9.18 Å². The number of ketones is 1. The van der Waals surface area contributed by atoms with Crippen LogP contribution in [0.25, 0.3) is 0 Å². The quantitative estimate of drug-likeness (QED) is 0.433. The molecule has 0 aliphatic carbocycles. The minimum atomic E-state index is -0.783. The van der Waals surface area contributed by atoms with E-state index in [0.717, 1.165) is 0 Å². The third kappa shape index (κ3) is 4.49. The number of nitrogens with zero attached hydrogens (tertiary/aromatic N) is 1. The van der Waals surface area contributed by atoms with Crippen molar-refractivity contribution in [3.63, 3.8) is 0 Å². The summed E-state index contributed by atoms with van der Waals surface area (Å²) in [6.45, 7) is 0. The lowest BCUT2D eigenvalue weighted by molar-refractivity contribution is 0.0595. The van der Waals surface area contributed by atoms with Gasteiger partial charge in [-0.1, -0.05) is 35.9 Å². The van der Waals surface area contributed by atoms with E-state index < -0.39 is 17.7 Å². The Morgan fingerprint density at radius 3 is 2.50 bits per heavy atom. The number of Topliss-reactive ketones (excluding diaryl/α,β-unsaturated/α-hetero) is 1. The summed E-state index contributed by atoms with van der Waals surface area (Å²) >= 11 is 6.36. The summed E-state index contributed by atoms with van der Waals surface area (Å²) in [7, 11) is 2.74. The number of hydrogen-bond acceptors (Lipinski definition) is 4. The van der Waals surface area contributed by atoms with Crippen LogP contribution < -0.4 is 5.56 Å². The van der Waals surface area contributed by atoms with Gasteiger partial charge in [-0.15, -0.1) is 0 Å². The molecule has 3 aromatic rings. The van der Waals surface area contributed by atoms with Crippen molar-refractivity contribution in [2.75, 3.05) is 7.11 Å². The Kier molecular flexibility index (Phi) is 6.47. The second-order valence-corrected chi connectivity index (χ2v) is 7.21. The first-order valence-electron chi connectivity index (χ1n) is 9.14. The summed E-state index contributed by atoms with van der Waals surface area (Å²) in [6.07, 6.45) is 1.47. The maximum atomic E-state index is 14.6. The molecule has 7 heteroatoms. The number of rotatable bonds is 6. The van der Waals surface area contributed by atoms with Crippen molar-refractivity contribution in [3.05, 3.63) is 104 Å². The minimum Gasteiger partial charge on any atom is -0.465 e. The maximum absolute atomic E-state index is 14.6. The first-order valence-corrected chi connectivity index (χ1v) is 9.51. The largest absolute Gasteiger partial charge is 0.465 e. The highest BCUT2D eigenvalue weighted by Gasteiger charge is 2.23.